The number of benzene rings is 1. The predicted octanol–water partition coefficient (Wildman–Crippen LogP) is 4.20. The molecule has 1 fully saturated rings. The fourth-order valence-corrected chi connectivity index (χ4v) is 4.04. The zero-order valence-electron chi connectivity index (χ0n) is 15.4. The van der Waals surface area contributed by atoms with Crippen molar-refractivity contribution in [3.8, 4) is 0 Å². The van der Waals surface area contributed by atoms with Crippen LogP contribution >= 0.6 is 0 Å². The normalized spacial score (nSPS) is 26.1. The number of halogens is 2. The molecule has 1 heterocycles. The Morgan fingerprint density at radius 1 is 1.35 bits per heavy atom. The molecule has 0 bridgehead atoms. The Balaban J connectivity index is 1.88. The zero-order valence-corrected chi connectivity index (χ0v) is 15.4. The summed E-state index contributed by atoms with van der Waals surface area (Å²) in [4.78, 5) is 12.3. The van der Waals surface area contributed by atoms with E-state index in [1.807, 2.05) is 13.8 Å². The minimum Gasteiger partial charge on any atom is -0.469 e. The van der Waals surface area contributed by atoms with Gasteiger partial charge in [0.15, 0.2) is 12.6 Å². The standard InChI is InChI=1S/C20H25F2NO3/c1-4-5-13-10-20(19(9-18(13)24)25-11-26-20)12(2)6-14-7-16(22)17(23-3)8-15(14)21/h7-9,12-13,23H,4-6,10-11H2,1-3H3/t12?,13-,20+/m0/s1. The van der Waals surface area contributed by atoms with Gasteiger partial charge < -0.3 is 14.8 Å². The van der Waals surface area contributed by atoms with E-state index in [0.29, 0.717) is 24.2 Å². The van der Waals surface area contributed by atoms with Crippen molar-refractivity contribution in [2.75, 3.05) is 19.2 Å². The molecule has 0 saturated carbocycles. The van der Waals surface area contributed by atoms with Gasteiger partial charge in [-0.2, -0.15) is 0 Å². The van der Waals surface area contributed by atoms with Crippen molar-refractivity contribution in [1.82, 2.24) is 0 Å². The number of allylic oxidation sites excluding steroid dienone is 1. The molecular formula is C20H25F2NO3. The highest BCUT2D eigenvalue weighted by Crippen LogP contribution is 2.46. The lowest BCUT2D eigenvalue weighted by Gasteiger charge is -2.38. The molecule has 6 heteroatoms. The molecule has 1 aromatic carbocycles. The van der Waals surface area contributed by atoms with E-state index < -0.39 is 17.2 Å². The SMILES string of the molecule is CCC[C@H]1C[C@]2(C(C)Cc3cc(F)c(NC)cc3F)OCOC2=CC1=O. The molecule has 0 radical (unpaired) electrons. The Labute approximate surface area is 152 Å². The number of carbonyl (C=O) groups is 1. The second-order valence-corrected chi connectivity index (χ2v) is 7.18. The maximum Gasteiger partial charge on any atom is 0.189 e. The monoisotopic (exact) mass is 365 g/mol. The number of ketones is 1. The molecule has 1 saturated heterocycles. The van der Waals surface area contributed by atoms with E-state index >= 15 is 0 Å². The van der Waals surface area contributed by atoms with Gasteiger partial charge in [-0.25, -0.2) is 8.78 Å². The van der Waals surface area contributed by atoms with Crippen LogP contribution in [0.15, 0.2) is 24.0 Å². The van der Waals surface area contributed by atoms with Crippen LogP contribution in [0, 0.1) is 23.5 Å². The van der Waals surface area contributed by atoms with Gasteiger partial charge in [-0.05, 0) is 36.8 Å². The molecular weight excluding hydrogens is 340 g/mol. The lowest BCUT2D eigenvalue weighted by atomic mass is 9.71. The van der Waals surface area contributed by atoms with Crippen LogP contribution in [-0.2, 0) is 20.7 Å². The summed E-state index contributed by atoms with van der Waals surface area (Å²) in [5.41, 5.74) is -0.329. The van der Waals surface area contributed by atoms with Gasteiger partial charge in [-0.1, -0.05) is 20.3 Å². The van der Waals surface area contributed by atoms with E-state index in [1.165, 1.54) is 18.2 Å². The van der Waals surface area contributed by atoms with Gasteiger partial charge in [0, 0.05) is 25.1 Å². The Kier molecular flexibility index (Phi) is 5.32. The Morgan fingerprint density at radius 3 is 2.81 bits per heavy atom. The Hall–Kier alpha value is -1.95. The van der Waals surface area contributed by atoms with Crippen LogP contribution in [0.2, 0.25) is 0 Å². The van der Waals surface area contributed by atoms with Gasteiger partial charge in [0.2, 0.25) is 0 Å². The smallest absolute Gasteiger partial charge is 0.189 e. The van der Waals surface area contributed by atoms with Crippen LogP contribution < -0.4 is 5.32 Å². The van der Waals surface area contributed by atoms with Crippen LogP contribution in [0.5, 0.6) is 0 Å². The minimum atomic E-state index is -0.752. The van der Waals surface area contributed by atoms with E-state index in [1.54, 1.807) is 7.05 Å². The first-order valence-corrected chi connectivity index (χ1v) is 9.09. The van der Waals surface area contributed by atoms with Gasteiger partial charge in [0.1, 0.15) is 23.0 Å². The quantitative estimate of drug-likeness (QED) is 0.821. The lowest BCUT2D eigenvalue weighted by Crippen LogP contribution is -2.45. The summed E-state index contributed by atoms with van der Waals surface area (Å²) in [7, 11) is 1.55. The molecule has 0 amide bonds. The number of carbonyl (C=O) groups excluding carboxylic acids is 1. The molecule has 3 rings (SSSR count). The molecule has 26 heavy (non-hydrogen) atoms. The molecule has 1 aromatic rings. The summed E-state index contributed by atoms with van der Waals surface area (Å²) < 4.78 is 40.0. The van der Waals surface area contributed by atoms with Crippen molar-refractivity contribution in [2.24, 2.45) is 11.8 Å². The highest BCUT2D eigenvalue weighted by Gasteiger charge is 2.51. The number of fused-ring (bicyclic) bond motifs is 1. The van der Waals surface area contributed by atoms with Crippen LogP contribution in [0.25, 0.3) is 0 Å². The maximum atomic E-state index is 14.4. The van der Waals surface area contributed by atoms with Gasteiger partial charge in [0.05, 0.1) is 5.69 Å². The van der Waals surface area contributed by atoms with Gasteiger partial charge in [0.25, 0.3) is 0 Å². The first-order chi connectivity index (χ1) is 12.4. The highest BCUT2D eigenvalue weighted by atomic mass is 19.1. The first kappa shape index (κ1) is 18.8. The third-order valence-corrected chi connectivity index (χ3v) is 5.54. The molecule has 3 atom stereocenters. The van der Waals surface area contributed by atoms with Gasteiger partial charge in [-0.3, -0.25) is 4.79 Å². The number of ether oxygens (including phenoxy) is 2. The molecule has 2 aliphatic rings. The first-order valence-electron chi connectivity index (χ1n) is 9.09. The van der Waals surface area contributed by atoms with Gasteiger partial charge >= 0.3 is 0 Å². The maximum absolute atomic E-state index is 14.4. The minimum absolute atomic E-state index is 0.0609. The van der Waals surface area contributed by atoms with Crippen LogP contribution in [0.3, 0.4) is 0 Å². The van der Waals surface area contributed by atoms with Crippen LogP contribution in [0.4, 0.5) is 14.5 Å². The average molecular weight is 365 g/mol. The summed E-state index contributed by atoms with van der Waals surface area (Å²) in [5, 5.41) is 2.63. The number of nitrogens with one attached hydrogen (secondary N) is 1. The molecule has 4 nitrogen and oxygen atoms in total. The van der Waals surface area contributed by atoms with Crippen molar-refractivity contribution >= 4 is 11.5 Å². The third kappa shape index (κ3) is 3.22. The van der Waals surface area contributed by atoms with Gasteiger partial charge in [-0.15, -0.1) is 0 Å². The molecule has 0 spiro atoms. The number of hydrogen-bond donors (Lipinski definition) is 1. The summed E-state index contributed by atoms with van der Waals surface area (Å²) in [6.07, 6.45) is 4.02. The molecule has 1 aliphatic carbocycles. The number of hydrogen-bond acceptors (Lipinski definition) is 4. The highest BCUT2D eigenvalue weighted by molar-refractivity contribution is 5.93. The predicted molar refractivity (Wildman–Crippen MR) is 94.6 cm³/mol. The van der Waals surface area contributed by atoms with Crippen molar-refractivity contribution in [2.45, 2.75) is 45.1 Å². The lowest BCUT2D eigenvalue weighted by molar-refractivity contribution is -0.123. The molecule has 1 N–H and O–H groups in total. The average Bonchev–Trinajstić information content (AvgIpc) is 3.02. The fourth-order valence-electron chi connectivity index (χ4n) is 4.04. The summed E-state index contributed by atoms with van der Waals surface area (Å²) in [6.45, 7) is 4.05. The number of anilines is 1. The molecule has 142 valence electrons. The van der Waals surface area contributed by atoms with Crippen molar-refractivity contribution in [3.63, 3.8) is 0 Å². The van der Waals surface area contributed by atoms with E-state index in [0.717, 1.165) is 12.8 Å². The Bertz CT molecular complexity index is 734. The molecule has 1 unspecified atom stereocenters. The fraction of sp³-hybridized carbons (Fsp3) is 0.550. The number of rotatable bonds is 6. The molecule has 1 aliphatic heterocycles. The van der Waals surface area contributed by atoms with Crippen molar-refractivity contribution in [1.29, 1.82) is 0 Å². The van der Waals surface area contributed by atoms with E-state index in [2.05, 4.69) is 5.32 Å². The van der Waals surface area contributed by atoms with E-state index in [4.69, 9.17) is 9.47 Å². The van der Waals surface area contributed by atoms with E-state index in [-0.39, 0.29) is 30.1 Å². The van der Waals surface area contributed by atoms with Crippen molar-refractivity contribution in [3.05, 3.63) is 41.2 Å². The molecule has 0 aromatic heterocycles. The third-order valence-electron chi connectivity index (χ3n) is 5.54. The second-order valence-electron chi connectivity index (χ2n) is 7.18. The summed E-state index contributed by atoms with van der Waals surface area (Å²) >= 11 is 0. The topological polar surface area (TPSA) is 47.6 Å². The van der Waals surface area contributed by atoms with Crippen LogP contribution in [-0.4, -0.2) is 25.2 Å². The summed E-state index contributed by atoms with van der Waals surface area (Å²) in [6, 6.07) is 2.40. The zero-order chi connectivity index (χ0) is 18.9. The summed E-state index contributed by atoms with van der Waals surface area (Å²) in [5.74, 6) is -0.656. The van der Waals surface area contributed by atoms with Crippen LogP contribution in [0.1, 0.15) is 38.7 Å². The van der Waals surface area contributed by atoms with Crippen molar-refractivity contribution < 1.29 is 23.0 Å². The van der Waals surface area contributed by atoms with E-state index in [9.17, 15) is 13.6 Å². The Morgan fingerprint density at radius 2 is 2.12 bits per heavy atom. The second kappa shape index (κ2) is 7.35. The largest absolute Gasteiger partial charge is 0.469 e.